The zero-order chi connectivity index (χ0) is 14.8. The highest BCUT2D eigenvalue weighted by molar-refractivity contribution is 7.89. The Bertz CT molecular complexity index is 572. The standard InChI is InChI=1S/C12H15F3N2O2S.ClH/c13-12(14,15)10-5-1-2-6-11(10)20(18,19)17-9-4-3-7-16-8-9;/h1-2,5-6,9,16-17H,3-4,7-8H2;1H/t9-;/m1./s1. The molecule has 0 radical (unpaired) electrons. The third-order valence-electron chi connectivity index (χ3n) is 3.10. The normalized spacial score (nSPS) is 19.9. The van der Waals surface area contributed by atoms with Gasteiger partial charge in [-0.25, -0.2) is 13.1 Å². The minimum absolute atomic E-state index is 0. The average Bonchev–Trinajstić information content (AvgIpc) is 2.38. The van der Waals surface area contributed by atoms with Crippen LogP contribution in [0.1, 0.15) is 18.4 Å². The van der Waals surface area contributed by atoms with Crippen molar-refractivity contribution >= 4 is 22.4 Å². The highest BCUT2D eigenvalue weighted by Crippen LogP contribution is 2.33. The van der Waals surface area contributed by atoms with E-state index >= 15 is 0 Å². The van der Waals surface area contributed by atoms with Crippen molar-refractivity contribution in [3.63, 3.8) is 0 Å². The van der Waals surface area contributed by atoms with Gasteiger partial charge in [-0.05, 0) is 31.5 Å². The van der Waals surface area contributed by atoms with Crippen molar-refractivity contribution in [2.45, 2.75) is 30.0 Å². The molecule has 21 heavy (non-hydrogen) atoms. The fourth-order valence-electron chi connectivity index (χ4n) is 2.17. The number of hydrogen-bond acceptors (Lipinski definition) is 3. The summed E-state index contributed by atoms with van der Waals surface area (Å²) in [5.74, 6) is 0. The highest BCUT2D eigenvalue weighted by atomic mass is 35.5. The minimum Gasteiger partial charge on any atom is -0.315 e. The van der Waals surface area contributed by atoms with E-state index < -0.39 is 26.7 Å². The van der Waals surface area contributed by atoms with Crippen molar-refractivity contribution in [3.05, 3.63) is 29.8 Å². The summed E-state index contributed by atoms with van der Waals surface area (Å²) in [7, 11) is -4.18. The Morgan fingerprint density at radius 3 is 2.48 bits per heavy atom. The first-order valence-corrected chi connectivity index (χ1v) is 7.68. The van der Waals surface area contributed by atoms with E-state index in [1.54, 1.807) is 0 Å². The van der Waals surface area contributed by atoms with Gasteiger partial charge < -0.3 is 5.32 Å². The lowest BCUT2D eigenvalue weighted by molar-refractivity contribution is -0.139. The van der Waals surface area contributed by atoms with Gasteiger partial charge in [-0.1, -0.05) is 12.1 Å². The van der Waals surface area contributed by atoms with Crippen molar-refractivity contribution in [2.75, 3.05) is 13.1 Å². The summed E-state index contributed by atoms with van der Waals surface area (Å²) in [5.41, 5.74) is -1.14. The monoisotopic (exact) mass is 344 g/mol. The molecular formula is C12H16ClF3N2O2S. The summed E-state index contributed by atoms with van der Waals surface area (Å²) in [4.78, 5) is -0.724. The molecule has 0 spiro atoms. The second kappa shape index (κ2) is 6.95. The number of piperidine rings is 1. The van der Waals surface area contributed by atoms with Crippen molar-refractivity contribution in [1.82, 2.24) is 10.0 Å². The highest BCUT2D eigenvalue weighted by Gasteiger charge is 2.37. The van der Waals surface area contributed by atoms with Gasteiger partial charge in [-0.3, -0.25) is 0 Å². The van der Waals surface area contributed by atoms with E-state index in [0.717, 1.165) is 25.1 Å². The van der Waals surface area contributed by atoms with Crippen LogP contribution in [0.5, 0.6) is 0 Å². The molecule has 0 bridgehead atoms. The fraction of sp³-hybridized carbons (Fsp3) is 0.500. The van der Waals surface area contributed by atoms with Crippen LogP contribution in [-0.2, 0) is 16.2 Å². The summed E-state index contributed by atoms with van der Waals surface area (Å²) in [6.07, 6.45) is -3.30. The Hall–Kier alpha value is -0.830. The van der Waals surface area contributed by atoms with Crippen LogP contribution in [0.3, 0.4) is 0 Å². The van der Waals surface area contributed by atoms with Gasteiger partial charge in [-0.15, -0.1) is 12.4 Å². The second-order valence-electron chi connectivity index (χ2n) is 4.66. The molecule has 1 aliphatic heterocycles. The van der Waals surface area contributed by atoms with Crippen LogP contribution in [0.2, 0.25) is 0 Å². The fourth-order valence-corrected chi connectivity index (χ4v) is 3.67. The van der Waals surface area contributed by atoms with Gasteiger partial charge >= 0.3 is 6.18 Å². The van der Waals surface area contributed by atoms with E-state index in [4.69, 9.17) is 0 Å². The Balaban J connectivity index is 0.00000220. The van der Waals surface area contributed by atoms with E-state index in [2.05, 4.69) is 10.0 Å². The van der Waals surface area contributed by atoms with Crippen LogP contribution in [0, 0.1) is 0 Å². The molecule has 4 nitrogen and oxygen atoms in total. The largest absolute Gasteiger partial charge is 0.417 e. The first kappa shape index (κ1) is 18.2. The maximum absolute atomic E-state index is 12.9. The van der Waals surface area contributed by atoms with E-state index in [1.807, 2.05) is 0 Å². The van der Waals surface area contributed by atoms with Gasteiger partial charge in [0.05, 0.1) is 10.5 Å². The lowest BCUT2D eigenvalue weighted by Gasteiger charge is -2.24. The summed E-state index contributed by atoms with van der Waals surface area (Å²) in [6.45, 7) is 1.21. The smallest absolute Gasteiger partial charge is 0.315 e. The van der Waals surface area contributed by atoms with E-state index in [-0.39, 0.29) is 18.4 Å². The summed E-state index contributed by atoms with van der Waals surface area (Å²) in [5, 5.41) is 3.00. The van der Waals surface area contributed by atoms with Gasteiger partial charge in [0.25, 0.3) is 0 Å². The molecule has 2 rings (SSSR count). The first-order chi connectivity index (χ1) is 9.31. The van der Waals surface area contributed by atoms with Crippen molar-refractivity contribution in [2.24, 2.45) is 0 Å². The maximum atomic E-state index is 12.9. The molecule has 0 aromatic heterocycles. The second-order valence-corrected chi connectivity index (χ2v) is 6.34. The van der Waals surface area contributed by atoms with Gasteiger partial charge in [-0.2, -0.15) is 13.2 Å². The molecule has 1 aromatic rings. The minimum atomic E-state index is -4.70. The summed E-state index contributed by atoms with van der Waals surface area (Å²) < 4.78 is 65.1. The van der Waals surface area contributed by atoms with Crippen LogP contribution >= 0.6 is 12.4 Å². The molecule has 1 aromatic carbocycles. The lowest BCUT2D eigenvalue weighted by Crippen LogP contribution is -2.45. The van der Waals surface area contributed by atoms with Gasteiger partial charge in [0.1, 0.15) is 0 Å². The van der Waals surface area contributed by atoms with Crippen molar-refractivity contribution in [1.29, 1.82) is 0 Å². The van der Waals surface area contributed by atoms with Crippen LogP contribution < -0.4 is 10.0 Å². The number of halogens is 4. The molecule has 1 atom stereocenters. The third-order valence-corrected chi connectivity index (χ3v) is 4.68. The molecule has 0 amide bonds. The SMILES string of the molecule is Cl.O=S(=O)(N[C@@H]1CCCNC1)c1ccccc1C(F)(F)F. The molecule has 9 heteroatoms. The number of rotatable bonds is 3. The molecule has 1 fully saturated rings. The molecule has 0 unspecified atom stereocenters. The van der Waals surface area contributed by atoms with Gasteiger partial charge in [0.2, 0.25) is 10.0 Å². The van der Waals surface area contributed by atoms with Crippen LogP contribution in [-0.4, -0.2) is 27.5 Å². The van der Waals surface area contributed by atoms with E-state index in [9.17, 15) is 21.6 Å². The van der Waals surface area contributed by atoms with Crippen molar-refractivity contribution < 1.29 is 21.6 Å². The molecule has 0 saturated carbocycles. The zero-order valence-corrected chi connectivity index (χ0v) is 12.6. The number of sulfonamides is 1. The Morgan fingerprint density at radius 1 is 1.24 bits per heavy atom. The molecular weight excluding hydrogens is 329 g/mol. The molecule has 2 N–H and O–H groups in total. The zero-order valence-electron chi connectivity index (χ0n) is 11.0. The van der Waals surface area contributed by atoms with Crippen LogP contribution in [0.15, 0.2) is 29.2 Å². The topological polar surface area (TPSA) is 58.2 Å². The summed E-state index contributed by atoms with van der Waals surface area (Å²) >= 11 is 0. The number of benzene rings is 1. The molecule has 120 valence electrons. The third kappa shape index (κ3) is 4.57. The number of nitrogens with one attached hydrogen (secondary N) is 2. The quantitative estimate of drug-likeness (QED) is 0.883. The predicted molar refractivity (Wildman–Crippen MR) is 74.9 cm³/mol. The first-order valence-electron chi connectivity index (χ1n) is 6.20. The van der Waals surface area contributed by atoms with E-state index in [0.29, 0.717) is 13.0 Å². The number of hydrogen-bond donors (Lipinski definition) is 2. The summed E-state index contributed by atoms with van der Waals surface area (Å²) in [6, 6.07) is 3.82. The number of alkyl halides is 3. The van der Waals surface area contributed by atoms with E-state index in [1.165, 1.54) is 12.1 Å². The van der Waals surface area contributed by atoms with Gasteiger partial charge in [0, 0.05) is 12.6 Å². The van der Waals surface area contributed by atoms with Crippen LogP contribution in [0.25, 0.3) is 0 Å². The Kier molecular flexibility index (Phi) is 6.03. The maximum Gasteiger partial charge on any atom is 0.417 e. The Labute approximate surface area is 127 Å². The Morgan fingerprint density at radius 2 is 1.90 bits per heavy atom. The molecule has 1 heterocycles. The van der Waals surface area contributed by atoms with Crippen molar-refractivity contribution in [3.8, 4) is 0 Å². The molecule has 1 saturated heterocycles. The lowest BCUT2D eigenvalue weighted by atomic mass is 10.1. The molecule has 0 aliphatic carbocycles. The van der Waals surface area contributed by atoms with Gasteiger partial charge in [0.15, 0.2) is 0 Å². The predicted octanol–water partition coefficient (Wildman–Crippen LogP) is 2.16. The molecule has 1 aliphatic rings. The average molecular weight is 345 g/mol. The van der Waals surface area contributed by atoms with Crippen LogP contribution in [0.4, 0.5) is 13.2 Å².